The van der Waals surface area contributed by atoms with Gasteiger partial charge in [0.05, 0.1) is 18.7 Å². The van der Waals surface area contributed by atoms with Gasteiger partial charge in [-0.05, 0) is 54.5 Å². The van der Waals surface area contributed by atoms with Gasteiger partial charge >= 0.3 is 0 Å². The second-order valence-corrected chi connectivity index (χ2v) is 9.23. The first kappa shape index (κ1) is 22.4. The standard InChI is InChI=1S/C26H29ClN2O3/c1-4-32-21-11-9-19(10-12-21)23-24(28-14-17(2)13-18(3)15-28)26(31)29(25(23)30)16-20-7-5-6-8-22(20)27/h5-12,17-18H,4,13-16H2,1-3H3. The van der Waals surface area contributed by atoms with Gasteiger partial charge in [-0.15, -0.1) is 0 Å². The van der Waals surface area contributed by atoms with E-state index in [4.69, 9.17) is 16.3 Å². The van der Waals surface area contributed by atoms with E-state index < -0.39 is 0 Å². The van der Waals surface area contributed by atoms with Crippen molar-refractivity contribution in [3.05, 3.63) is 70.4 Å². The molecule has 0 spiro atoms. The van der Waals surface area contributed by atoms with Crippen molar-refractivity contribution in [1.29, 1.82) is 0 Å². The normalized spacial score (nSPS) is 21.5. The van der Waals surface area contributed by atoms with Gasteiger partial charge in [-0.1, -0.05) is 55.8 Å². The third-order valence-corrected chi connectivity index (χ3v) is 6.44. The van der Waals surface area contributed by atoms with Crippen LogP contribution in [0.5, 0.6) is 5.75 Å². The number of nitrogens with zero attached hydrogens (tertiary/aromatic N) is 2. The minimum absolute atomic E-state index is 0.153. The fourth-order valence-electron chi connectivity index (χ4n) is 4.79. The van der Waals surface area contributed by atoms with Gasteiger partial charge in [-0.25, -0.2) is 0 Å². The van der Waals surface area contributed by atoms with Crippen molar-refractivity contribution in [3.8, 4) is 5.75 Å². The second kappa shape index (κ2) is 9.37. The molecule has 0 saturated carbocycles. The number of ether oxygens (including phenoxy) is 1. The molecule has 32 heavy (non-hydrogen) atoms. The van der Waals surface area contributed by atoms with E-state index in [9.17, 15) is 9.59 Å². The second-order valence-electron chi connectivity index (χ2n) is 8.82. The number of piperidine rings is 1. The Morgan fingerprint density at radius 2 is 1.62 bits per heavy atom. The summed E-state index contributed by atoms with van der Waals surface area (Å²) in [5.74, 6) is 1.12. The summed E-state index contributed by atoms with van der Waals surface area (Å²) in [4.78, 5) is 30.7. The number of halogens is 1. The van der Waals surface area contributed by atoms with Gasteiger partial charge in [-0.2, -0.15) is 0 Å². The molecule has 0 bridgehead atoms. The Kier molecular flexibility index (Phi) is 6.56. The average Bonchev–Trinajstić information content (AvgIpc) is 3.00. The van der Waals surface area contributed by atoms with Crippen molar-refractivity contribution in [2.24, 2.45) is 11.8 Å². The molecular formula is C26H29ClN2O3. The number of carbonyl (C=O) groups is 2. The minimum Gasteiger partial charge on any atom is -0.494 e. The Hall–Kier alpha value is -2.79. The van der Waals surface area contributed by atoms with Crippen LogP contribution >= 0.6 is 11.6 Å². The van der Waals surface area contributed by atoms with Gasteiger partial charge in [-0.3, -0.25) is 14.5 Å². The topological polar surface area (TPSA) is 49.9 Å². The Bertz CT molecular complexity index is 1040. The van der Waals surface area contributed by atoms with Crippen LogP contribution in [0.25, 0.3) is 5.57 Å². The summed E-state index contributed by atoms with van der Waals surface area (Å²) in [6, 6.07) is 14.7. The Morgan fingerprint density at radius 1 is 0.969 bits per heavy atom. The van der Waals surface area contributed by atoms with E-state index in [0.29, 0.717) is 34.7 Å². The number of rotatable bonds is 6. The molecule has 0 radical (unpaired) electrons. The number of likely N-dealkylation sites (tertiary alicyclic amines) is 1. The highest BCUT2D eigenvalue weighted by Gasteiger charge is 2.43. The number of amides is 2. The largest absolute Gasteiger partial charge is 0.494 e. The van der Waals surface area contributed by atoms with Crippen LogP contribution in [-0.2, 0) is 16.1 Å². The number of imide groups is 1. The lowest BCUT2D eigenvalue weighted by Crippen LogP contribution is -2.41. The fraction of sp³-hybridized carbons (Fsp3) is 0.385. The van der Waals surface area contributed by atoms with Crippen LogP contribution in [0, 0.1) is 11.8 Å². The van der Waals surface area contributed by atoms with Gasteiger partial charge in [0.2, 0.25) is 0 Å². The van der Waals surface area contributed by atoms with Crippen molar-refractivity contribution in [3.63, 3.8) is 0 Å². The first-order chi connectivity index (χ1) is 15.4. The molecule has 2 aromatic carbocycles. The summed E-state index contributed by atoms with van der Waals surface area (Å²) >= 11 is 6.33. The third kappa shape index (κ3) is 4.40. The van der Waals surface area contributed by atoms with E-state index in [1.165, 1.54) is 4.90 Å². The molecule has 2 amide bonds. The zero-order chi connectivity index (χ0) is 22.8. The fourth-order valence-corrected chi connectivity index (χ4v) is 4.98. The quantitative estimate of drug-likeness (QED) is 0.579. The third-order valence-electron chi connectivity index (χ3n) is 6.07. The van der Waals surface area contributed by atoms with E-state index in [1.54, 1.807) is 6.07 Å². The van der Waals surface area contributed by atoms with Gasteiger partial charge in [0, 0.05) is 18.1 Å². The summed E-state index contributed by atoms with van der Waals surface area (Å²) in [6.45, 7) is 8.57. The summed E-state index contributed by atoms with van der Waals surface area (Å²) < 4.78 is 5.55. The summed E-state index contributed by atoms with van der Waals surface area (Å²) in [5, 5.41) is 0.546. The smallest absolute Gasteiger partial charge is 0.278 e. The summed E-state index contributed by atoms with van der Waals surface area (Å²) in [5.41, 5.74) is 2.45. The van der Waals surface area contributed by atoms with Crippen molar-refractivity contribution in [2.45, 2.75) is 33.7 Å². The molecule has 2 heterocycles. The van der Waals surface area contributed by atoms with Crippen molar-refractivity contribution in [2.75, 3.05) is 19.7 Å². The lowest BCUT2D eigenvalue weighted by Gasteiger charge is -2.37. The highest BCUT2D eigenvalue weighted by molar-refractivity contribution is 6.35. The van der Waals surface area contributed by atoms with Crippen LogP contribution in [0.1, 0.15) is 38.3 Å². The Balaban J connectivity index is 1.74. The molecule has 4 rings (SSSR count). The Morgan fingerprint density at radius 3 is 2.25 bits per heavy atom. The molecule has 168 valence electrons. The first-order valence-electron chi connectivity index (χ1n) is 11.2. The highest BCUT2D eigenvalue weighted by atomic mass is 35.5. The predicted molar refractivity (Wildman–Crippen MR) is 126 cm³/mol. The van der Waals surface area contributed by atoms with Crippen LogP contribution in [0.4, 0.5) is 0 Å². The van der Waals surface area contributed by atoms with Gasteiger partial charge in [0.15, 0.2) is 0 Å². The number of carbonyl (C=O) groups excluding carboxylic acids is 2. The van der Waals surface area contributed by atoms with Crippen LogP contribution in [0.15, 0.2) is 54.2 Å². The molecule has 2 aromatic rings. The predicted octanol–water partition coefficient (Wildman–Crippen LogP) is 5.00. The zero-order valence-corrected chi connectivity index (χ0v) is 19.6. The van der Waals surface area contributed by atoms with Gasteiger partial charge < -0.3 is 9.64 Å². The van der Waals surface area contributed by atoms with Crippen molar-refractivity contribution >= 4 is 29.0 Å². The van der Waals surface area contributed by atoms with Crippen LogP contribution < -0.4 is 4.74 Å². The number of benzene rings is 2. The van der Waals surface area contributed by atoms with Crippen LogP contribution in [0.2, 0.25) is 5.02 Å². The molecule has 0 N–H and O–H groups in total. The van der Waals surface area contributed by atoms with Crippen LogP contribution in [-0.4, -0.2) is 41.3 Å². The summed E-state index contributed by atoms with van der Waals surface area (Å²) in [7, 11) is 0. The van der Waals surface area contributed by atoms with E-state index >= 15 is 0 Å². The van der Waals surface area contributed by atoms with Crippen molar-refractivity contribution < 1.29 is 14.3 Å². The van der Waals surface area contributed by atoms with E-state index in [1.807, 2.05) is 49.4 Å². The molecule has 2 atom stereocenters. The lowest BCUT2D eigenvalue weighted by molar-refractivity contribution is -0.138. The molecular weight excluding hydrogens is 424 g/mol. The molecule has 0 aromatic heterocycles. The van der Waals surface area contributed by atoms with Crippen LogP contribution in [0.3, 0.4) is 0 Å². The zero-order valence-electron chi connectivity index (χ0n) is 18.8. The van der Waals surface area contributed by atoms with E-state index in [2.05, 4.69) is 18.7 Å². The number of hydrogen-bond acceptors (Lipinski definition) is 4. The van der Waals surface area contributed by atoms with Gasteiger partial charge in [0.25, 0.3) is 11.8 Å². The molecule has 0 aliphatic carbocycles. The van der Waals surface area contributed by atoms with Crippen molar-refractivity contribution in [1.82, 2.24) is 9.80 Å². The maximum absolute atomic E-state index is 13.6. The lowest BCUT2D eigenvalue weighted by atomic mass is 9.91. The maximum Gasteiger partial charge on any atom is 0.278 e. The van der Waals surface area contributed by atoms with Gasteiger partial charge in [0.1, 0.15) is 11.4 Å². The molecule has 2 aliphatic rings. The molecule has 5 nitrogen and oxygen atoms in total. The molecule has 2 unspecified atom stereocenters. The summed E-state index contributed by atoms with van der Waals surface area (Å²) in [6.07, 6.45) is 1.12. The molecule has 1 fully saturated rings. The monoisotopic (exact) mass is 452 g/mol. The highest BCUT2D eigenvalue weighted by Crippen LogP contribution is 2.36. The first-order valence-corrected chi connectivity index (χ1v) is 11.6. The van der Waals surface area contributed by atoms with E-state index in [-0.39, 0.29) is 18.4 Å². The molecule has 6 heteroatoms. The minimum atomic E-state index is -0.278. The van der Waals surface area contributed by atoms with E-state index in [0.717, 1.165) is 36.4 Å². The molecule has 2 aliphatic heterocycles. The maximum atomic E-state index is 13.6. The average molecular weight is 453 g/mol. The molecule has 1 saturated heterocycles. The Labute approximate surface area is 194 Å². The number of hydrogen-bond donors (Lipinski definition) is 0. The SMILES string of the molecule is CCOc1ccc(C2=C(N3CC(C)CC(C)C3)C(=O)N(Cc3ccccc3Cl)C2=O)cc1.